The number of aliphatic hydroxyl groups excluding tert-OH is 1. The Labute approximate surface area is 212 Å². The van der Waals surface area contributed by atoms with Crippen molar-refractivity contribution in [2.24, 2.45) is 5.92 Å². The molecular formula is C27H25N9O. The van der Waals surface area contributed by atoms with Gasteiger partial charge in [-0.2, -0.15) is 5.10 Å². The fourth-order valence-electron chi connectivity index (χ4n) is 4.40. The smallest absolute Gasteiger partial charge is 0.161 e. The summed E-state index contributed by atoms with van der Waals surface area (Å²) in [5.41, 5.74) is 7.18. The topological polar surface area (TPSA) is 141 Å². The second-order valence-corrected chi connectivity index (χ2v) is 9.32. The van der Waals surface area contributed by atoms with Gasteiger partial charge in [-0.05, 0) is 48.2 Å². The van der Waals surface area contributed by atoms with Gasteiger partial charge in [0.1, 0.15) is 17.4 Å². The number of nitrogens with one attached hydrogen (secondary N) is 3. The van der Waals surface area contributed by atoms with E-state index in [1.807, 2.05) is 30.3 Å². The highest BCUT2D eigenvalue weighted by atomic mass is 16.3. The number of imidazole rings is 1. The summed E-state index contributed by atoms with van der Waals surface area (Å²) in [6.07, 6.45) is 10.5. The van der Waals surface area contributed by atoms with Crippen LogP contribution in [0.1, 0.15) is 20.3 Å². The molecular weight excluding hydrogens is 466 g/mol. The lowest BCUT2D eigenvalue weighted by Gasteiger charge is -2.16. The Morgan fingerprint density at radius 1 is 0.892 bits per heavy atom. The minimum absolute atomic E-state index is 0.374. The number of nitrogens with zero attached hydrogens (tertiary/aromatic N) is 6. The molecule has 0 amide bonds. The average Bonchev–Trinajstić information content (AvgIpc) is 3.52. The Bertz CT molecular complexity index is 1690. The molecule has 0 radical (unpaired) electrons. The lowest BCUT2D eigenvalue weighted by Crippen LogP contribution is -2.20. The highest BCUT2D eigenvalue weighted by Crippen LogP contribution is 2.32. The number of pyridine rings is 4. The number of aromatic amines is 2. The molecule has 6 aromatic heterocycles. The van der Waals surface area contributed by atoms with Gasteiger partial charge in [0.05, 0.1) is 17.3 Å². The largest absolute Gasteiger partial charge is 0.374 e. The van der Waals surface area contributed by atoms with Crippen LogP contribution in [0.5, 0.6) is 0 Å². The molecule has 0 aliphatic heterocycles. The predicted molar refractivity (Wildman–Crippen MR) is 142 cm³/mol. The van der Waals surface area contributed by atoms with Crippen LogP contribution in [0.25, 0.3) is 56.0 Å². The number of H-pyrrole nitrogens is 2. The van der Waals surface area contributed by atoms with E-state index in [2.05, 4.69) is 54.3 Å². The molecule has 0 aromatic carbocycles. The number of aromatic nitrogens is 8. The fourth-order valence-corrected chi connectivity index (χ4v) is 4.40. The first-order chi connectivity index (χ1) is 18.0. The van der Waals surface area contributed by atoms with E-state index in [0.717, 1.165) is 38.8 Å². The molecule has 6 aromatic rings. The Hall–Kier alpha value is -4.70. The van der Waals surface area contributed by atoms with Gasteiger partial charge in [-0.1, -0.05) is 13.8 Å². The third kappa shape index (κ3) is 4.50. The Kier molecular flexibility index (Phi) is 5.78. The first-order valence-electron chi connectivity index (χ1n) is 12.0. The van der Waals surface area contributed by atoms with Gasteiger partial charge in [0.2, 0.25) is 0 Å². The van der Waals surface area contributed by atoms with Crippen LogP contribution in [-0.4, -0.2) is 51.4 Å². The van der Waals surface area contributed by atoms with Crippen molar-refractivity contribution in [2.45, 2.75) is 26.5 Å². The third-order valence-corrected chi connectivity index (χ3v) is 6.12. The van der Waals surface area contributed by atoms with Gasteiger partial charge in [0.15, 0.2) is 17.1 Å². The van der Waals surface area contributed by atoms with E-state index >= 15 is 0 Å². The molecule has 0 bridgehead atoms. The molecule has 0 saturated carbocycles. The Morgan fingerprint density at radius 2 is 1.73 bits per heavy atom. The molecule has 6 rings (SSSR count). The molecule has 6 heterocycles. The van der Waals surface area contributed by atoms with Crippen molar-refractivity contribution in [1.29, 1.82) is 0 Å². The van der Waals surface area contributed by atoms with Crippen molar-refractivity contribution in [3.05, 3.63) is 67.5 Å². The van der Waals surface area contributed by atoms with Crippen LogP contribution in [0.4, 0.5) is 5.69 Å². The minimum atomic E-state index is -0.642. The van der Waals surface area contributed by atoms with Gasteiger partial charge < -0.3 is 15.4 Å². The molecule has 0 aliphatic carbocycles. The van der Waals surface area contributed by atoms with Crippen molar-refractivity contribution in [3.63, 3.8) is 0 Å². The summed E-state index contributed by atoms with van der Waals surface area (Å²) in [6.45, 7) is 4.14. The van der Waals surface area contributed by atoms with Crippen LogP contribution in [0, 0.1) is 5.92 Å². The molecule has 0 aliphatic rings. The minimum Gasteiger partial charge on any atom is -0.374 e. The summed E-state index contributed by atoms with van der Waals surface area (Å²) >= 11 is 0. The summed E-state index contributed by atoms with van der Waals surface area (Å²) in [4.78, 5) is 25.7. The number of anilines is 1. The molecule has 0 spiro atoms. The summed E-state index contributed by atoms with van der Waals surface area (Å²) in [5.74, 6) is 0.971. The fraction of sp³-hybridized carbons (Fsp3) is 0.185. The molecule has 0 fully saturated rings. The van der Waals surface area contributed by atoms with E-state index in [0.29, 0.717) is 35.2 Å². The van der Waals surface area contributed by atoms with Gasteiger partial charge in [0.25, 0.3) is 0 Å². The lowest BCUT2D eigenvalue weighted by molar-refractivity contribution is 0.176. The van der Waals surface area contributed by atoms with E-state index in [4.69, 9.17) is 4.98 Å². The summed E-state index contributed by atoms with van der Waals surface area (Å²) in [5, 5.41) is 21.7. The first-order valence-corrected chi connectivity index (χ1v) is 12.0. The van der Waals surface area contributed by atoms with Crippen LogP contribution in [-0.2, 0) is 0 Å². The first kappa shape index (κ1) is 22.7. The van der Waals surface area contributed by atoms with Crippen LogP contribution in [0.3, 0.4) is 0 Å². The van der Waals surface area contributed by atoms with Crippen LogP contribution >= 0.6 is 0 Å². The maximum Gasteiger partial charge on any atom is 0.161 e. The number of hydrogen-bond donors (Lipinski definition) is 4. The molecule has 184 valence electrons. The van der Waals surface area contributed by atoms with E-state index in [9.17, 15) is 5.11 Å². The number of aliphatic hydroxyl groups is 1. The molecule has 1 atom stereocenters. The molecule has 10 heteroatoms. The number of rotatable bonds is 7. The van der Waals surface area contributed by atoms with Crippen molar-refractivity contribution >= 4 is 27.9 Å². The monoisotopic (exact) mass is 491 g/mol. The van der Waals surface area contributed by atoms with E-state index < -0.39 is 6.23 Å². The second kappa shape index (κ2) is 9.40. The Morgan fingerprint density at radius 3 is 2.57 bits per heavy atom. The van der Waals surface area contributed by atoms with Gasteiger partial charge in [0, 0.05) is 47.7 Å². The van der Waals surface area contributed by atoms with Gasteiger partial charge in [-0.15, -0.1) is 0 Å². The van der Waals surface area contributed by atoms with Crippen molar-refractivity contribution in [3.8, 4) is 33.8 Å². The van der Waals surface area contributed by atoms with Crippen LogP contribution in [0.15, 0.2) is 67.5 Å². The quantitative estimate of drug-likeness (QED) is 0.233. The molecule has 37 heavy (non-hydrogen) atoms. The highest BCUT2D eigenvalue weighted by Gasteiger charge is 2.17. The number of fused-ring (bicyclic) bond motifs is 2. The maximum atomic E-state index is 10.3. The zero-order valence-electron chi connectivity index (χ0n) is 20.3. The van der Waals surface area contributed by atoms with Crippen molar-refractivity contribution in [1.82, 2.24) is 40.1 Å². The maximum absolute atomic E-state index is 10.3. The summed E-state index contributed by atoms with van der Waals surface area (Å²) in [6, 6.07) is 9.79. The van der Waals surface area contributed by atoms with Crippen molar-refractivity contribution in [2.75, 3.05) is 5.32 Å². The molecule has 1 unspecified atom stereocenters. The van der Waals surface area contributed by atoms with Crippen LogP contribution < -0.4 is 5.32 Å². The molecule has 4 N–H and O–H groups in total. The zero-order chi connectivity index (χ0) is 25.4. The van der Waals surface area contributed by atoms with E-state index in [1.165, 1.54) is 0 Å². The molecule has 0 saturated heterocycles. The van der Waals surface area contributed by atoms with Gasteiger partial charge in [-0.3, -0.25) is 15.1 Å². The van der Waals surface area contributed by atoms with Crippen molar-refractivity contribution < 1.29 is 5.11 Å². The highest BCUT2D eigenvalue weighted by molar-refractivity contribution is 5.96. The normalized spacial score (nSPS) is 12.4. The third-order valence-electron chi connectivity index (χ3n) is 6.12. The SMILES string of the molecule is CC(C)CC(O)Nc1cncc(-c2cnc3[nH]nc(-c4nc5c(-c6ccncc6)ccnc5[nH]4)c3c2)c1. The van der Waals surface area contributed by atoms with E-state index in [1.54, 1.807) is 37.2 Å². The summed E-state index contributed by atoms with van der Waals surface area (Å²) in [7, 11) is 0. The summed E-state index contributed by atoms with van der Waals surface area (Å²) < 4.78 is 0. The van der Waals surface area contributed by atoms with Gasteiger partial charge >= 0.3 is 0 Å². The standard InChI is InChI=1S/C27H25N9O/c1-15(2)9-22(37)32-19-10-17(12-29-14-19)18-11-21-24(35-36-25(21)31-13-18)27-33-23-20(5-8-30-26(23)34-27)16-3-6-28-7-4-16/h3-8,10-15,22,32,37H,9H2,1-2H3,(H,30,33,34)(H,31,35,36). The zero-order valence-corrected chi connectivity index (χ0v) is 20.3. The van der Waals surface area contributed by atoms with E-state index in [-0.39, 0.29) is 0 Å². The molecule has 10 nitrogen and oxygen atoms in total. The van der Waals surface area contributed by atoms with Gasteiger partial charge in [-0.25, -0.2) is 15.0 Å². The average molecular weight is 492 g/mol. The Balaban J connectivity index is 1.38. The second-order valence-electron chi connectivity index (χ2n) is 9.32. The number of hydrogen-bond acceptors (Lipinski definition) is 8. The lowest BCUT2D eigenvalue weighted by atomic mass is 10.1. The van der Waals surface area contributed by atoms with Crippen LogP contribution in [0.2, 0.25) is 0 Å². The predicted octanol–water partition coefficient (Wildman–Crippen LogP) is 4.80.